The molecule has 202 valence electrons. The van der Waals surface area contributed by atoms with Gasteiger partial charge in [0.1, 0.15) is 5.75 Å². The van der Waals surface area contributed by atoms with E-state index in [0.717, 1.165) is 17.5 Å². The lowest BCUT2D eigenvalue weighted by molar-refractivity contribution is -0.132. The van der Waals surface area contributed by atoms with Gasteiger partial charge in [-0.25, -0.2) is 9.78 Å². The highest BCUT2D eigenvalue weighted by molar-refractivity contribution is 7.14. The highest BCUT2D eigenvalue weighted by atomic mass is 35.5. The van der Waals surface area contributed by atoms with Gasteiger partial charge in [-0.3, -0.25) is 10.1 Å². The third-order valence-electron chi connectivity index (χ3n) is 5.59. The van der Waals surface area contributed by atoms with Crippen LogP contribution in [0.5, 0.6) is 5.75 Å². The molecule has 0 spiro atoms. The van der Waals surface area contributed by atoms with Gasteiger partial charge in [-0.05, 0) is 43.0 Å². The zero-order valence-electron chi connectivity index (χ0n) is 21.9. The number of benzene rings is 2. The van der Waals surface area contributed by atoms with Crippen molar-refractivity contribution < 1.29 is 24.2 Å². The van der Waals surface area contributed by atoms with E-state index in [1.54, 1.807) is 7.11 Å². The van der Waals surface area contributed by atoms with Crippen molar-refractivity contribution >= 4 is 57.6 Å². The number of methoxy groups -OCH3 is 1. The Morgan fingerprint density at radius 2 is 1.87 bits per heavy atom. The molecule has 0 saturated heterocycles. The average molecular weight is 578 g/mol. The summed E-state index contributed by atoms with van der Waals surface area (Å²) in [5.74, 6) is -0.868. The van der Waals surface area contributed by atoms with Crippen molar-refractivity contribution in [3.63, 3.8) is 0 Å². The minimum Gasteiger partial charge on any atom is -0.496 e. The number of rotatable bonds is 10. The molecule has 38 heavy (non-hydrogen) atoms. The number of hydrogen-bond donors (Lipinski definition) is 2. The highest BCUT2D eigenvalue weighted by Gasteiger charge is 2.18. The van der Waals surface area contributed by atoms with Gasteiger partial charge in [-0.2, -0.15) is 0 Å². The van der Waals surface area contributed by atoms with E-state index in [4.69, 9.17) is 37.8 Å². The smallest absolute Gasteiger partial charge is 0.331 e. The molecule has 0 aliphatic carbocycles. The van der Waals surface area contributed by atoms with Crippen LogP contribution in [0.15, 0.2) is 41.3 Å². The number of anilines is 1. The Labute approximate surface area is 236 Å². The van der Waals surface area contributed by atoms with E-state index in [-0.39, 0.29) is 26.6 Å². The van der Waals surface area contributed by atoms with Gasteiger partial charge >= 0.3 is 5.97 Å². The summed E-state index contributed by atoms with van der Waals surface area (Å²) in [6.07, 6.45) is 2.31. The number of aliphatic carboxylic acids is 1. The number of nitrogens with zero attached hydrogens (tertiary/aromatic N) is 1. The fraction of sp³-hybridized carbons (Fsp3) is 0.321. The zero-order chi connectivity index (χ0) is 28.0. The van der Waals surface area contributed by atoms with E-state index in [9.17, 15) is 9.59 Å². The van der Waals surface area contributed by atoms with Crippen LogP contribution < -0.4 is 10.1 Å². The Balaban J connectivity index is 1.76. The molecule has 0 bridgehead atoms. The molecule has 3 rings (SSSR count). The number of halogens is 2. The van der Waals surface area contributed by atoms with Crippen LogP contribution in [-0.2, 0) is 16.1 Å². The van der Waals surface area contributed by atoms with Crippen molar-refractivity contribution in [1.29, 1.82) is 0 Å². The quantitative estimate of drug-likeness (QED) is 0.188. The topological polar surface area (TPSA) is 97.8 Å². The van der Waals surface area contributed by atoms with Crippen molar-refractivity contribution in [2.45, 2.75) is 40.7 Å². The second-order valence-electron chi connectivity index (χ2n) is 9.84. The summed E-state index contributed by atoms with van der Waals surface area (Å²) in [6, 6.07) is 8.65. The van der Waals surface area contributed by atoms with E-state index < -0.39 is 11.9 Å². The number of ether oxygens (including phenoxy) is 2. The number of carbonyl (C=O) groups is 2. The predicted octanol–water partition coefficient (Wildman–Crippen LogP) is 7.82. The maximum absolute atomic E-state index is 12.9. The number of carboxylic acid groups (broad SMARTS) is 1. The summed E-state index contributed by atoms with van der Waals surface area (Å²) in [6.45, 7) is 9.02. The van der Waals surface area contributed by atoms with E-state index in [0.29, 0.717) is 35.4 Å². The van der Waals surface area contributed by atoms with E-state index >= 15 is 0 Å². The Morgan fingerprint density at radius 1 is 1.18 bits per heavy atom. The van der Waals surface area contributed by atoms with E-state index in [1.165, 1.54) is 36.5 Å². The lowest BCUT2D eigenvalue weighted by atomic mass is 9.93. The van der Waals surface area contributed by atoms with E-state index in [1.807, 2.05) is 23.6 Å². The van der Waals surface area contributed by atoms with E-state index in [2.05, 4.69) is 31.1 Å². The van der Waals surface area contributed by atoms with Gasteiger partial charge in [0, 0.05) is 39.8 Å². The molecular formula is C28H30Cl2N2O5S. The fourth-order valence-corrected chi connectivity index (χ4v) is 4.76. The van der Waals surface area contributed by atoms with Crippen LogP contribution in [0.1, 0.15) is 55.6 Å². The summed E-state index contributed by atoms with van der Waals surface area (Å²) in [5.41, 5.74) is 3.16. The maximum atomic E-state index is 12.9. The van der Waals surface area contributed by atoms with Crippen molar-refractivity contribution in [2.75, 3.05) is 19.0 Å². The molecule has 1 aromatic heterocycles. The number of carbonyl (C=O) groups excluding carboxylic acids is 1. The Hall–Kier alpha value is -2.91. The summed E-state index contributed by atoms with van der Waals surface area (Å²) >= 11 is 13.9. The highest BCUT2D eigenvalue weighted by Crippen LogP contribution is 2.36. The monoisotopic (exact) mass is 576 g/mol. The third-order valence-corrected chi connectivity index (χ3v) is 6.98. The largest absolute Gasteiger partial charge is 0.496 e. The van der Waals surface area contributed by atoms with Crippen LogP contribution in [0.3, 0.4) is 0 Å². The normalized spacial score (nSPS) is 11.9. The molecule has 3 aromatic rings. The van der Waals surface area contributed by atoms with Crippen LogP contribution in [0.25, 0.3) is 17.3 Å². The molecule has 1 amide bonds. The summed E-state index contributed by atoms with van der Waals surface area (Å²) in [7, 11) is 1.61. The Bertz CT molecular complexity index is 1340. The molecule has 1 heterocycles. The summed E-state index contributed by atoms with van der Waals surface area (Å²) < 4.78 is 11.6. The fourth-order valence-electron chi connectivity index (χ4n) is 3.46. The lowest BCUT2D eigenvalue weighted by Crippen LogP contribution is -2.12. The van der Waals surface area contributed by atoms with Crippen LogP contribution in [0, 0.1) is 5.41 Å². The minimum absolute atomic E-state index is 0.0669. The zero-order valence-corrected chi connectivity index (χ0v) is 24.2. The number of nitrogens with one attached hydrogen (secondary N) is 1. The molecule has 7 nitrogen and oxygen atoms in total. The molecule has 0 atom stereocenters. The molecule has 0 aliphatic rings. The first kappa shape index (κ1) is 29.6. The average Bonchev–Trinajstić information content (AvgIpc) is 3.31. The van der Waals surface area contributed by atoms with Crippen LogP contribution in [-0.4, -0.2) is 35.7 Å². The van der Waals surface area contributed by atoms with Gasteiger partial charge in [0.2, 0.25) is 0 Å². The molecule has 2 aromatic carbocycles. The molecule has 0 saturated carbocycles. The van der Waals surface area contributed by atoms with Crippen molar-refractivity contribution in [3.05, 3.63) is 68.0 Å². The molecular weight excluding hydrogens is 547 g/mol. The Morgan fingerprint density at radius 3 is 2.47 bits per heavy atom. The summed E-state index contributed by atoms with van der Waals surface area (Å²) in [5, 5.41) is 14.4. The first-order valence-electron chi connectivity index (χ1n) is 11.8. The lowest BCUT2D eigenvalue weighted by Gasteiger charge is -2.18. The van der Waals surface area contributed by atoms with Crippen LogP contribution in [0.4, 0.5) is 5.13 Å². The van der Waals surface area contributed by atoms with Crippen LogP contribution >= 0.6 is 34.5 Å². The molecule has 2 N–H and O–H groups in total. The molecule has 0 radical (unpaired) electrons. The van der Waals surface area contributed by atoms with Crippen molar-refractivity contribution in [1.82, 2.24) is 4.98 Å². The SMILES string of the molecule is COc1c(COCCC(C)(C)C)cccc1-c1csc(NC(=O)c2cc(Cl)c(/C=C(/C)C(=O)O)c(Cl)c2)n1. The van der Waals surface area contributed by atoms with Crippen LogP contribution in [0.2, 0.25) is 10.0 Å². The molecule has 0 fully saturated rings. The third kappa shape index (κ3) is 7.80. The number of aromatic nitrogens is 1. The number of para-hydroxylation sites is 1. The second-order valence-corrected chi connectivity index (χ2v) is 11.5. The van der Waals surface area contributed by atoms with Gasteiger partial charge in [0.25, 0.3) is 5.91 Å². The second kappa shape index (κ2) is 12.8. The minimum atomic E-state index is -1.09. The van der Waals surface area contributed by atoms with Crippen molar-refractivity contribution in [3.8, 4) is 17.0 Å². The number of hydrogen-bond acceptors (Lipinski definition) is 6. The van der Waals surface area contributed by atoms with Gasteiger partial charge in [-0.1, -0.05) is 56.1 Å². The maximum Gasteiger partial charge on any atom is 0.331 e. The molecule has 10 heteroatoms. The number of amides is 1. The van der Waals surface area contributed by atoms with Gasteiger partial charge in [0.15, 0.2) is 5.13 Å². The van der Waals surface area contributed by atoms with Crippen molar-refractivity contribution in [2.24, 2.45) is 5.41 Å². The first-order chi connectivity index (χ1) is 17.9. The summed E-state index contributed by atoms with van der Waals surface area (Å²) in [4.78, 5) is 28.6. The van der Waals surface area contributed by atoms with Gasteiger partial charge in [0.05, 0.1) is 29.5 Å². The molecule has 0 unspecified atom stereocenters. The number of thiazole rings is 1. The first-order valence-corrected chi connectivity index (χ1v) is 13.4. The van der Waals surface area contributed by atoms with Gasteiger partial charge in [-0.15, -0.1) is 11.3 Å². The Kier molecular flexibility index (Phi) is 9.95. The predicted molar refractivity (Wildman–Crippen MR) is 154 cm³/mol. The van der Waals surface area contributed by atoms with Gasteiger partial charge < -0.3 is 14.6 Å². The number of carboxylic acids is 1. The molecule has 0 aliphatic heterocycles. The standard InChI is InChI=1S/C28H30Cl2N2O5S/c1-16(26(34)35)11-20-21(29)12-18(13-22(20)30)25(33)32-27-31-23(15-38-27)19-8-6-7-17(24(19)36-5)14-37-10-9-28(2,3)4/h6-8,11-13,15H,9-10,14H2,1-5H3,(H,34,35)(H,31,32,33)/b16-11-.